The van der Waals surface area contributed by atoms with Crippen LogP contribution in [0.25, 0.3) is 11.3 Å². The SMILES string of the molecule is O=C(O)c1nc(-n2ccnc2)c2cccn2n1. The van der Waals surface area contributed by atoms with E-state index in [1.54, 1.807) is 41.6 Å². The molecule has 7 nitrogen and oxygen atoms in total. The van der Waals surface area contributed by atoms with Crippen molar-refractivity contribution in [1.29, 1.82) is 0 Å². The van der Waals surface area contributed by atoms with Gasteiger partial charge < -0.3 is 5.11 Å². The minimum Gasteiger partial charge on any atom is -0.475 e. The average Bonchev–Trinajstić information content (AvgIpc) is 2.98. The van der Waals surface area contributed by atoms with Crippen molar-refractivity contribution in [2.45, 2.75) is 0 Å². The summed E-state index contributed by atoms with van der Waals surface area (Å²) in [5.41, 5.74) is 0.716. The van der Waals surface area contributed by atoms with Gasteiger partial charge in [-0.2, -0.15) is 0 Å². The molecule has 0 saturated carbocycles. The molecule has 7 heteroatoms. The van der Waals surface area contributed by atoms with E-state index in [2.05, 4.69) is 15.1 Å². The predicted molar refractivity (Wildman–Crippen MR) is 57.1 cm³/mol. The first-order valence-electron chi connectivity index (χ1n) is 4.83. The zero-order valence-corrected chi connectivity index (χ0v) is 8.56. The monoisotopic (exact) mass is 229 g/mol. The lowest BCUT2D eigenvalue weighted by atomic mass is 10.4. The molecule has 1 N–H and O–H groups in total. The van der Waals surface area contributed by atoms with Gasteiger partial charge in [0.25, 0.3) is 5.82 Å². The van der Waals surface area contributed by atoms with E-state index in [0.717, 1.165) is 0 Å². The van der Waals surface area contributed by atoms with E-state index in [1.807, 2.05) is 0 Å². The third kappa shape index (κ3) is 1.44. The third-order valence-electron chi connectivity index (χ3n) is 2.31. The molecule has 3 rings (SSSR count). The van der Waals surface area contributed by atoms with Crippen LogP contribution in [-0.2, 0) is 0 Å². The number of carboxylic acid groups (broad SMARTS) is 1. The van der Waals surface area contributed by atoms with E-state index >= 15 is 0 Å². The molecule has 0 aliphatic rings. The highest BCUT2D eigenvalue weighted by atomic mass is 16.4. The largest absolute Gasteiger partial charge is 0.475 e. The highest BCUT2D eigenvalue weighted by Crippen LogP contribution is 2.13. The van der Waals surface area contributed by atoms with E-state index in [4.69, 9.17) is 5.11 Å². The van der Waals surface area contributed by atoms with Crippen LogP contribution in [0, 0.1) is 0 Å². The Morgan fingerprint density at radius 3 is 2.94 bits per heavy atom. The normalized spacial score (nSPS) is 10.8. The predicted octanol–water partition coefficient (Wildman–Crippen LogP) is 0.613. The molecular formula is C10H7N5O2. The van der Waals surface area contributed by atoms with Crippen LogP contribution >= 0.6 is 0 Å². The molecule has 0 aromatic carbocycles. The van der Waals surface area contributed by atoms with Crippen LogP contribution in [0.15, 0.2) is 37.1 Å². The molecule has 0 aliphatic heterocycles. The molecule has 3 aromatic rings. The maximum atomic E-state index is 10.9. The number of carboxylic acids is 1. The fourth-order valence-electron chi connectivity index (χ4n) is 1.58. The molecule has 3 heterocycles. The number of imidazole rings is 1. The summed E-state index contributed by atoms with van der Waals surface area (Å²) in [5, 5.41) is 12.8. The second-order valence-electron chi connectivity index (χ2n) is 3.37. The molecule has 0 saturated heterocycles. The fraction of sp³-hybridized carbons (Fsp3) is 0. The molecular weight excluding hydrogens is 222 g/mol. The number of fused-ring (bicyclic) bond motifs is 1. The summed E-state index contributed by atoms with van der Waals surface area (Å²) in [6.07, 6.45) is 6.52. The number of carbonyl (C=O) groups is 1. The highest BCUT2D eigenvalue weighted by molar-refractivity contribution is 5.83. The zero-order chi connectivity index (χ0) is 11.8. The van der Waals surface area contributed by atoms with Crippen LogP contribution in [0.3, 0.4) is 0 Å². The van der Waals surface area contributed by atoms with Crippen molar-refractivity contribution >= 4 is 11.5 Å². The quantitative estimate of drug-likeness (QED) is 0.696. The number of hydrogen-bond acceptors (Lipinski definition) is 4. The molecule has 17 heavy (non-hydrogen) atoms. The first kappa shape index (κ1) is 9.52. The van der Waals surface area contributed by atoms with Crippen LogP contribution in [0.2, 0.25) is 0 Å². The van der Waals surface area contributed by atoms with Gasteiger partial charge in [-0.25, -0.2) is 19.3 Å². The van der Waals surface area contributed by atoms with Gasteiger partial charge in [0.05, 0.1) is 0 Å². The lowest BCUT2D eigenvalue weighted by Gasteiger charge is -2.05. The Hall–Kier alpha value is -2.70. The summed E-state index contributed by atoms with van der Waals surface area (Å²) in [6, 6.07) is 3.58. The Labute approximate surface area is 95.0 Å². The number of rotatable bonds is 2. The third-order valence-corrected chi connectivity index (χ3v) is 2.31. The van der Waals surface area contributed by atoms with Crippen LogP contribution < -0.4 is 0 Å². The summed E-state index contributed by atoms with van der Waals surface area (Å²) < 4.78 is 3.12. The van der Waals surface area contributed by atoms with Gasteiger partial charge in [-0.05, 0) is 12.1 Å². The second-order valence-corrected chi connectivity index (χ2v) is 3.37. The van der Waals surface area contributed by atoms with Gasteiger partial charge in [0.2, 0.25) is 0 Å². The molecule has 0 radical (unpaired) electrons. The molecule has 0 unspecified atom stereocenters. The summed E-state index contributed by atoms with van der Waals surface area (Å²) >= 11 is 0. The lowest BCUT2D eigenvalue weighted by Crippen LogP contribution is -2.11. The molecule has 0 bridgehead atoms. The minimum atomic E-state index is -1.16. The molecule has 0 aliphatic carbocycles. The molecule has 3 aromatic heterocycles. The number of nitrogens with zero attached hydrogens (tertiary/aromatic N) is 5. The van der Waals surface area contributed by atoms with Gasteiger partial charge >= 0.3 is 5.97 Å². The van der Waals surface area contributed by atoms with E-state index in [-0.39, 0.29) is 5.82 Å². The van der Waals surface area contributed by atoms with Gasteiger partial charge in [-0.15, -0.1) is 5.10 Å². The van der Waals surface area contributed by atoms with Crippen molar-refractivity contribution in [2.75, 3.05) is 0 Å². The number of aromatic carboxylic acids is 1. The lowest BCUT2D eigenvalue weighted by molar-refractivity contribution is 0.0681. The number of aromatic nitrogens is 5. The van der Waals surface area contributed by atoms with Crippen molar-refractivity contribution in [2.24, 2.45) is 0 Å². The van der Waals surface area contributed by atoms with E-state index in [0.29, 0.717) is 11.3 Å². The van der Waals surface area contributed by atoms with Crippen molar-refractivity contribution in [3.8, 4) is 5.82 Å². The molecule has 0 fully saturated rings. The van der Waals surface area contributed by atoms with Gasteiger partial charge in [-0.3, -0.25) is 4.57 Å². The Balaban J connectivity index is 2.35. The Kier molecular flexibility index (Phi) is 1.91. The van der Waals surface area contributed by atoms with E-state index in [9.17, 15) is 4.79 Å². The maximum absolute atomic E-state index is 10.9. The maximum Gasteiger partial charge on any atom is 0.375 e. The minimum absolute atomic E-state index is 0.252. The number of hydrogen-bond donors (Lipinski definition) is 1. The summed E-state index contributed by atoms with van der Waals surface area (Å²) in [6.45, 7) is 0. The van der Waals surface area contributed by atoms with E-state index in [1.165, 1.54) is 4.52 Å². The average molecular weight is 229 g/mol. The summed E-state index contributed by atoms with van der Waals surface area (Å²) in [7, 11) is 0. The first-order valence-corrected chi connectivity index (χ1v) is 4.83. The smallest absolute Gasteiger partial charge is 0.375 e. The topological polar surface area (TPSA) is 85.3 Å². The first-order chi connectivity index (χ1) is 8.25. The van der Waals surface area contributed by atoms with Crippen molar-refractivity contribution in [1.82, 2.24) is 24.1 Å². The van der Waals surface area contributed by atoms with Crippen molar-refractivity contribution in [3.63, 3.8) is 0 Å². The molecule has 0 amide bonds. The van der Waals surface area contributed by atoms with E-state index < -0.39 is 5.97 Å². The van der Waals surface area contributed by atoms with Gasteiger partial charge in [0, 0.05) is 18.6 Å². The van der Waals surface area contributed by atoms with Crippen LogP contribution in [-0.4, -0.2) is 35.2 Å². The van der Waals surface area contributed by atoms with Gasteiger partial charge in [-0.1, -0.05) is 0 Å². The molecule has 84 valence electrons. The highest BCUT2D eigenvalue weighted by Gasteiger charge is 2.13. The van der Waals surface area contributed by atoms with Crippen LogP contribution in [0.1, 0.15) is 10.6 Å². The Morgan fingerprint density at radius 2 is 2.24 bits per heavy atom. The Bertz CT molecular complexity index is 686. The fourth-order valence-corrected chi connectivity index (χ4v) is 1.58. The van der Waals surface area contributed by atoms with Gasteiger partial charge in [0.1, 0.15) is 11.8 Å². The standard InChI is InChI=1S/C10H7N5O2/c16-10(17)8-12-9(14-5-3-11-6-14)7-2-1-4-15(7)13-8/h1-6H,(H,16,17). The van der Waals surface area contributed by atoms with Crippen LogP contribution in [0.5, 0.6) is 0 Å². The molecule has 0 spiro atoms. The molecule has 0 atom stereocenters. The van der Waals surface area contributed by atoms with Crippen molar-refractivity contribution in [3.05, 3.63) is 42.9 Å². The summed E-state index contributed by atoms with van der Waals surface area (Å²) in [5.74, 6) is -0.931. The zero-order valence-electron chi connectivity index (χ0n) is 8.56. The van der Waals surface area contributed by atoms with Crippen molar-refractivity contribution < 1.29 is 9.90 Å². The van der Waals surface area contributed by atoms with Gasteiger partial charge in [0.15, 0.2) is 5.82 Å². The van der Waals surface area contributed by atoms with Crippen LogP contribution in [0.4, 0.5) is 0 Å². The second kappa shape index (κ2) is 3.41. The summed E-state index contributed by atoms with van der Waals surface area (Å²) in [4.78, 5) is 18.8. The Morgan fingerprint density at radius 1 is 1.35 bits per heavy atom.